The molecule has 3 heterocycles. The van der Waals surface area contributed by atoms with Gasteiger partial charge in [0.2, 0.25) is 11.7 Å². The summed E-state index contributed by atoms with van der Waals surface area (Å²) in [5, 5.41) is 7.07. The summed E-state index contributed by atoms with van der Waals surface area (Å²) in [5.41, 5.74) is 1.49. The number of rotatable bonds is 5. The largest absolute Gasteiger partial charge is 0.373 e. The third-order valence-corrected chi connectivity index (χ3v) is 4.70. The first kappa shape index (κ1) is 16.7. The van der Waals surface area contributed by atoms with Gasteiger partial charge in [0.25, 0.3) is 0 Å². The van der Waals surface area contributed by atoms with Crippen LogP contribution in [-0.2, 0) is 6.54 Å². The molecule has 0 spiro atoms. The van der Waals surface area contributed by atoms with Gasteiger partial charge in [0.15, 0.2) is 0 Å². The van der Waals surface area contributed by atoms with Gasteiger partial charge in [0, 0.05) is 30.9 Å². The van der Waals surface area contributed by atoms with E-state index in [1.165, 1.54) is 6.07 Å². The van der Waals surface area contributed by atoms with E-state index >= 15 is 0 Å². The first-order chi connectivity index (χ1) is 12.7. The molecule has 1 N–H and O–H groups in total. The summed E-state index contributed by atoms with van der Waals surface area (Å²) in [6.07, 6.45) is 3.66. The lowest BCUT2D eigenvalue weighted by Gasteiger charge is -2.21. The van der Waals surface area contributed by atoms with Crippen LogP contribution in [0.15, 0.2) is 47.1 Å². The second-order valence-electron chi connectivity index (χ2n) is 6.36. The Labute approximate surface area is 151 Å². The number of benzene rings is 1. The molecule has 0 bridgehead atoms. The molecular formula is C19H20FN5O. The second kappa shape index (κ2) is 7.21. The number of hydrogen-bond donors (Lipinski definition) is 1. The Kier molecular flexibility index (Phi) is 4.62. The fourth-order valence-electron chi connectivity index (χ4n) is 3.30. The van der Waals surface area contributed by atoms with Crippen LogP contribution in [0, 0.1) is 5.82 Å². The Balaban J connectivity index is 1.53. The highest BCUT2D eigenvalue weighted by Gasteiger charge is 2.31. The molecule has 134 valence electrons. The van der Waals surface area contributed by atoms with Crippen molar-refractivity contribution in [3.63, 3.8) is 0 Å². The first-order valence-corrected chi connectivity index (χ1v) is 8.70. The second-order valence-corrected chi connectivity index (χ2v) is 6.36. The number of nitrogens with one attached hydrogen (secondary N) is 1. The molecule has 4 rings (SSSR count). The number of aromatic nitrogens is 3. The van der Waals surface area contributed by atoms with Gasteiger partial charge in [-0.15, -0.1) is 0 Å². The van der Waals surface area contributed by atoms with Gasteiger partial charge in [-0.25, -0.2) is 9.37 Å². The average Bonchev–Trinajstić information content (AvgIpc) is 3.33. The summed E-state index contributed by atoms with van der Waals surface area (Å²) in [7, 11) is 1.82. The lowest BCUT2D eigenvalue weighted by molar-refractivity contribution is 0.199. The summed E-state index contributed by atoms with van der Waals surface area (Å²) in [6, 6.07) is 10.7. The number of anilines is 1. The monoisotopic (exact) mass is 353 g/mol. The van der Waals surface area contributed by atoms with Crippen LogP contribution in [0.2, 0.25) is 0 Å². The van der Waals surface area contributed by atoms with Crippen molar-refractivity contribution in [2.75, 3.05) is 18.9 Å². The van der Waals surface area contributed by atoms with Gasteiger partial charge in [-0.05, 0) is 37.6 Å². The Morgan fingerprint density at radius 3 is 2.92 bits per heavy atom. The van der Waals surface area contributed by atoms with E-state index in [0.717, 1.165) is 30.8 Å². The molecule has 1 aliphatic rings. The molecule has 7 heteroatoms. The zero-order chi connectivity index (χ0) is 17.9. The number of likely N-dealkylation sites (tertiary alicyclic amines) is 1. The number of nitrogens with zero attached hydrogens (tertiary/aromatic N) is 4. The minimum atomic E-state index is -0.180. The van der Waals surface area contributed by atoms with Crippen LogP contribution >= 0.6 is 0 Å². The predicted octanol–water partition coefficient (Wildman–Crippen LogP) is 3.65. The van der Waals surface area contributed by atoms with Crippen molar-refractivity contribution < 1.29 is 8.91 Å². The maximum atomic E-state index is 14.0. The highest BCUT2D eigenvalue weighted by atomic mass is 19.1. The number of halogens is 1. The molecule has 26 heavy (non-hydrogen) atoms. The molecule has 6 nitrogen and oxygen atoms in total. The Morgan fingerprint density at radius 2 is 2.15 bits per heavy atom. The number of pyridine rings is 1. The lowest BCUT2D eigenvalue weighted by atomic mass is 10.1. The van der Waals surface area contributed by atoms with Gasteiger partial charge < -0.3 is 9.84 Å². The van der Waals surface area contributed by atoms with E-state index in [0.29, 0.717) is 23.8 Å². The molecule has 3 aromatic rings. The third-order valence-electron chi connectivity index (χ3n) is 4.70. The van der Waals surface area contributed by atoms with Crippen molar-refractivity contribution in [2.45, 2.75) is 25.4 Å². The minimum absolute atomic E-state index is 0.0143. The van der Waals surface area contributed by atoms with Crippen LogP contribution in [0.1, 0.15) is 30.3 Å². The molecule has 2 aromatic heterocycles. The van der Waals surface area contributed by atoms with Crippen molar-refractivity contribution in [3.8, 4) is 11.4 Å². The van der Waals surface area contributed by atoms with Gasteiger partial charge in [0.1, 0.15) is 11.6 Å². The van der Waals surface area contributed by atoms with Crippen molar-refractivity contribution >= 4 is 5.82 Å². The van der Waals surface area contributed by atoms with Crippen LogP contribution in [0.5, 0.6) is 0 Å². The molecule has 0 unspecified atom stereocenters. The number of hydrogen-bond acceptors (Lipinski definition) is 6. The average molecular weight is 353 g/mol. The Morgan fingerprint density at radius 1 is 1.27 bits per heavy atom. The highest BCUT2D eigenvalue weighted by Crippen LogP contribution is 2.33. The van der Waals surface area contributed by atoms with Crippen LogP contribution in [0.25, 0.3) is 11.4 Å². The maximum Gasteiger partial charge on any atom is 0.244 e. The van der Waals surface area contributed by atoms with E-state index in [9.17, 15) is 4.39 Å². The van der Waals surface area contributed by atoms with Gasteiger partial charge in [-0.2, -0.15) is 4.98 Å². The van der Waals surface area contributed by atoms with Crippen molar-refractivity contribution in [1.82, 2.24) is 20.0 Å². The molecule has 1 fully saturated rings. The maximum absolute atomic E-state index is 14.0. The summed E-state index contributed by atoms with van der Waals surface area (Å²) >= 11 is 0. The molecule has 0 aliphatic carbocycles. The standard InChI is InChI=1S/C19H20FN5O/c1-21-17-9-8-13(11-22-17)18-23-19(26-24-18)16-7-4-10-25(16)12-14-5-2-3-6-15(14)20/h2-3,5-6,8-9,11,16H,4,7,10,12H2,1H3,(H,21,22)/t16-/m1/s1. The van der Waals surface area contributed by atoms with Crippen LogP contribution in [0.4, 0.5) is 10.2 Å². The molecule has 1 aliphatic heterocycles. The van der Waals surface area contributed by atoms with E-state index in [1.807, 2.05) is 31.3 Å². The highest BCUT2D eigenvalue weighted by molar-refractivity contribution is 5.55. The van der Waals surface area contributed by atoms with Gasteiger partial charge in [-0.3, -0.25) is 4.90 Å². The minimum Gasteiger partial charge on any atom is -0.373 e. The molecule has 1 atom stereocenters. The first-order valence-electron chi connectivity index (χ1n) is 8.70. The van der Waals surface area contributed by atoms with Gasteiger partial charge in [0.05, 0.1) is 6.04 Å². The summed E-state index contributed by atoms with van der Waals surface area (Å²) in [6.45, 7) is 1.42. The molecule has 0 amide bonds. The van der Waals surface area contributed by atoms with Gasteiger partial charge in [-0.1, -0.05) is 23.4 Å². The summed E-state index contributed by atoms with van der Waals surface area (Å²) in [5.74, 6) is 1.70. The fourth-order valence-corrected chi connectivity index (χ4v) is 3.30. The normalized spacial score (nSPS) is 17.5. The molecule has 1 aromatic carbocycles. The molecule has 1 saturated heterocycles. The lowest BCUT2D eigenvalue weighted by Crippen LogP contribution is -2.23. The van der Waals surface area contributed by atoms with Gasteiger partial charge >= 0.3 is 0 Å². The van der Waals surface area contributed by atoms with Crippen LogP contribution in [0.3, 0.4) is 0 Å². The van der Waals surface area contributed by atoms with Crippen molar-refractivity contribution in [2.24, 2.45) is 0 Å². The topological polar surface area (TPSA) is 67.1 Å². The zero-order valence-electron chi connectivity index (χ0n) is 14.5. The van der Waals surface area contributed by atoms with Crippen LogP contribution < -0.4 is 5.32 Å². The summed E-state index contributed by atoms with van der Waals surface area (Å²) in [4.78, 5) is 11.0. The Bertz CT molecular complexity index is 880. The molecule has 0 radical (unpaired) electrons. The Hall–Kier alpha value is -2.80. The molecule has 0 saturated carbocycles. The summed E-state index contributed by atoms with van der Waals surface area (Å²) < 4.78 is 19.5. The smallest absolute Gasteiger partial charge is 0.244 e. The predicted molar refractivity (Wildman–Crippen MR) is 95.9 cm³/mol. The van der Waals surface area contributed by atoms with Crippen LogP contribution in [-0.4, -0.2) is 33.6 Å². The zero-order valence-corrected chi connectivity index (χ0v) is 14.5. The van der Waals surface area contributed by atoms with E-state index < -0.39 is 0 Å². The van der Waals surface area contributed by atoms with E-state index in [-0.39, 0.29) is 11.9 Å². The van der Waals surface area contributed by atoms with E-state index in [2.05, 4.69) is 25.3 Å². The van der Waals surface area contributed by atoms with E-state index in [4.69, 9.17) is 4.52 Å². The van der Waals surface area contributed by atoms with Crippen molar-refractivity contribution in [1.29, 1.82) is 0 Å². The SMILES string of the molecule is CNc1ccc(-c2noc([C@H]3CCCN3Cc3ccccc3F)n2)cn1. The fraction of sp³-hybridized carbons (Fsp3) is 0.316. The molecular weight excluding hydrogens is 333 g/mol. The third kappa shape index (κ3) is 3.30. The quantitative estimate of drug-likeness (QED) is 0.755. The van der Waals surface area contributed by atoms with E-state index in [1.54, 1.807) is 12.3 Å². The van der Waals surface area contributed by atoms with Crippen molar-refractivity contribution in [3.05, 3.63) is 59.9 Å².